The highest BCUT2D eigenvalue weighted by Gasteiger charge is 2.32. The van der Waals surface area contributed by atoms with Crippen LogP contribution >= 0.6 is 0 Å². The average molecular weight is 742 g/mol. The molecule has 0 aliphatic carbocycles. The van der Waals surface area contributed by atoms with Gasteiger partial charge in [0.15, 0.2) is 5.96 Å². The molecule has 14 N–H and O–H groups in total. The lowest BCUT2D eigenvalue weighted by atomic mass is 10.0. The fraction of sp³-hybridized carbons (Fsp3) is 0.412. The standard InChI is InChI=1S/C34H47N9O10/c35-22(19-44)29(49)42-25(16-20-8-3-1-4-9-20)32(52)41-24(13-14-27(45)46)31(51)43-26(17-21-10-5-2-6-11-21)33(53)40-23(12-7-15-38-34(36)37)30(50)39-18-28(47)48/h1-6,8-11,22-26,44H,7,12-19,35H2,(H,39,50)(H,40,53)(H,41,52)(H,42,49)(H,43,51)(H,45,46)(H,47,48)(H4,36,37,38)/t22-,23-,24-,25-,26-/m0/s1. The molecule has 19 heteroatoms. The topological polar surface area (TPSA) is 331 Å². The number of carboxylic acid groups (broad SMARTS) is 2. The monoisotopic (exact) mass is 741 g/mol. The maximum Gasteiger partial charge on any atom is 0.322 e. The molecule has 2 aromatic rings. The number of carboxylic acids is 2. The van der Waals surface area contributed by atoms with E-state index in [2.05, 4.69) is 31.6 Å². The lowest BCUT2D eigenvalue weighted by molar-refractivity contribution is -0.139. The minimum atomic E-state index is -1.53. The second-order valence-electron chi connectivity index (χ2n) is 11.9. The number of aliphatic hydroxyl groups is 1. The summed E-state index contributed by atoms with van der Waals surface area (Å²) in [6, 6.07) is 10.1. The van der Waals surface area contributed by atoms with Crippen molar-refractivity contribution in [2.24, 2.45) is 22.2 Å². The van der Waals surface area contributed by atoms with E-state index in [-0.39, 0.29) is 38.2 Å². The number of rotatable bonds is 23. The van der Waals surface area contributed by atoms with E-state index in [9.17, 15) is 43.8 Å². The van der Waals surface area contributed by atoms with Gasteiger partial charge in [0.1, 0.15) is 36.8 Å². The number of nitrogens with two attached hydrogens (primary N) is 3. The first-order valence-corrected chi connectivity index (χ1v) is 16.6. The smallest absolute Gasteiger partial charge is 0.322 e. The number of amides is 5. The maximum atomic E-state index is 13.8. The van der Waals surface area contributed by atoms with E-state index in [1.54, 1.807) is 60.7 Å². The van der Waals surface area contributed by atoms with Gasteiger partial charge in [0, 0.05) is 25.8 Å². The minimum Gasteiger partial charge on any atom is -0.481 e. The van der Waals surface area contributed by atoms with Crippen LogP contribution in [-0.4, -0.2) is 113 Å². The Bertz CT molecular complexity index is 1570. The molecule has 0 saturated carbocycles. The molecule has 0 aliphatic heterocycles. The lowest BCUT2D eigenvalue weighted by Gasteiger charge is -2.27. The molecule has 0 spiro atoms. The molecule has 0 radical (unpaired) electrons. The summed E-state index contributed by atoms with van der Waals surface area (Å²) in [6.07, 6.45) is -0.975. The molecule has 0 aromatic heterocycles. The third-order valence-electron chi connectivity index (χ3n) is 7.64. The fourth-order valence-electron chi connectivity index (χ4n) is 4.89. The van der Waals surface area contributed by atoms with E-state index in [0.717, 1.165) is 0 Å². The Morgan fingerprint density at radius 1 is 0.623 bits per heavy atom. The minimum absolute atomic E-state index is 0.0221. The summed E-state index contributed by atoms with van der Waals surface area (Å²) in [5.41, 5.74) is 17.6. The van der Waals surface area contributed by atoms with Gasteiger partial charge in [-0.1, -0.05) is 60.7 Å². The van der Waals surface area contributed by atoms with Gasteiger partial charge in [-0.2, -0.15) is 0 Å². The van der Waals surface area contributed by atoms with Crippen LogP contribution in [0.15, 0.2) is 65.7 Å². The van der Waals surface area contributed by atoms with Gasteiger partial charge >= 0.3 is 11.9 Å². The highest BCUT2D eigenvalue weighted by atomic mass is 16.4. The molecule has 0 heterocycles. The lowest BCUT2D eigenvalue weighted by Crippen LogP contribution is -2.59. The fourth-order valence-corrected chi connectivity index (χ4v) is 4.89. The van der Waals surface area contributed by atoms with Crippen LogP contribution < -0.4 is 43.8 Å². The quantitative estimate of drug-likeness (QED) is 0.0305. The Labute approximate surface area is 305 Å². The number of nitrogens with zero attached hydrogens (tertiary/aromatic N) is 1. The van der Waals surface area contributed by atoms with Crippen LogP contribution in [0.2, 0.25) is 0 Å². The van der Waals surface area contributed by atoms with Crippen LogP contribution in [0.4, 0.5) is 0 Å². The third kappa shape index (κ3) is 16.7. The molecular weight excluding hydrogens is 694 g/mol. The highest BCUT2D eigenvalue weighted by Crippen LogP contribution is 2.09. The predicted molar refractivity (Wildman–Crippen MR) is 191 cm³/mol. The summed E-state index contributed by atoms with van der Waals surface area (Å²) in [6.45, 7) is -1.35. The summed E-state index contributed by atoms with van der Waals surface area (Å²) in [5, 5.41) is 40.0. The molecule has 5 atom stereocenters. The van der Waals surface area contributed by atoms with Crippen molar-refractivity contribution in [1.29, 1.82) is 0 Å². The largest absolute Gasteiger partial charge is 0.481 e. The van der Waals surface area contributed by atoms with E-state index in [1.807, 2.05) is 0 Å². The van der Waals surface area contributed by atoms with Crippen molar-refractivity contribution in [1.82, 2.24) is 26.6 Å². The average Bonchev–Trinajstić information content (AvgIpc) is 3.12. The van der Waals surface area contributed by atoms with Gasteiger partial charge in [0.2, 0.25) is 29.5 Å². The predicted octanol–water partition coefficient (Wildman–Crippen LogP) is -3.15. The number of hydrogen-bond acceptors (Lipinski definition) is 10. The van der Waals surface area contributed by atoms with Crippen molar-refractivity contribution >= 4 is 47.4 Å². The van der Waals surface area contributed by atoms with Crippen molar-refractivity contribution in [3.8, 4) is 0 Å². The number of aliphatic carboxylic acids is 2. The first-order valence-electron chi connectivity index (χ1n) is 16.6. The number of aliphatic hydroxyl groups excluding tert-OH is 1. The molecule has 2 rings (SSSR count). The number of nitrogens with one attached hydrogen (secondary N) is 5. The summed E-state index contributed by atoms with van der Waals surface area (Å²) >= 11 is 0. The van der Waals surface area contributed by atoms with Crippen molar-refractivity contribution in [3.05, 3.63) is 71.8 Å². The number of aliphatic imine (C=N–C) groups is 1. The van der Waals surface area contributed by atoms with Crippen LogP contribution in [0.3, 0.4) is 0 Å². The van der Waals surface area contributed by atoms with Crippen molar-refractivity contribution < 1.29 is 48.9 Å². The molecule has 0 unspecified atom stereocenters. The molecule has 0 fully saturated rings. The normalized spacial score (nSPS) is 13.5. The van der Waals surface area contributed by atoms with Gasteiger partial charge in [0.05, 0.1) is 6.61 Å². The Morgan fingerprint density at radius 3 is 1.53 bits per heavy atom. The summed E-state index contributed by atoms with van der Waals surface area (Å²) in [5.74, 6) is -7.16. The second kappa shape index (κ2) is 22.7. The van der Waals surface area contributed by atoms with Gasteiger partial charge < -0.3 is 59.1 Å². The highest BCUT2D eigenvalue weighted by molar-refractivity contribution is 5.96. The second-order valence-corrected chi connectivity index (χ2v) is 11.9. The summed E-state index contributed by atoms with van der Waals surface area (Å²) < 4.78 is 0. The van der Waals surface area contributed by atoms with E-state index >= 15 is 0 Å². The summed E-state index contributed by atoms with van der Waals surface area (Å²) in [4.78, 5) is 93.1. The van der Waals surface area contributed by atoms with Gasteiger partial charge in [-0.15, -0.1) is 0 Å². The maximum absolute atomic E-state index is 13.8. The zero-order valence-electron chi connectivity index (χ0n) is 28.9. The number of carbonyl (C=O) groups is 7. The van der Waals surface area contributed by atoms with Crippen molar-refractivity contribution in [2.45, 2.75) is 68.7 Å². The summed E-state index contributed by atoms with van der Waals surface area (Å²) in [7, 11) is 0. The number of benzene rings is 2. The van der Waals surface area contributed by atoms with E-state index in [0.29, 0.717) is 11.1 Å². The molecular formula is C34H47N9O10. The molecule has 0 aliphatic rings. The Hall–Kier alpha value is -6.08. The molecule has 0 bridgehead atoms. The zero-order chi connectivity index (χ0) is 39.3. The third-order valence-corrected chi connectivity index (χ3v) is 7.64. The van der Waals surface area contributed by atoms with Crippen LogP contribution in [0, 0.1) is 0 Å². The van der Waals surface area contributed by atoms with Crippen molar-refractivity contribution in [3.63, 3.8) is 0 Å². The molecule has 288 valence electrons. The Morgan fingerprint density at radius 2 is 1.08 bits per heavy atom. The van der Waals surface area contributed by atoms with Crippen molar-refractivity contribution in [2.75, 3.05) is 19.7 Å². The molecule has 5 amide bonds. The number of hydrogen-bond donors (Lipinski definition) is 11. The molecule has 0 saturated heterocycles. The van der Waals surface area contributed by atoms with E-state index in [4.69, 9.17) is 22.3 Å². The Kier molecular flexibility index (Phi) is 18.4. The number of carbonyl (C=O) groups excluding carboxylic acids is 5. The number of guanidine groups is 1. The van der Waals surface area contributed by atoms with Crippen LogP contribution in [0.1, 0.15) is 36.8 Å². The van der Waals surface area contributed by atoms with Gasteiger partial charge in [-0.3, -0.25) is 38.6 Å². The molecule has 2 aromatic carbocycles. The van der Waals surface area contributed by atoms with Gasteiger partial charge in [0.25, 0.3) is 0 Å². The first-order chi connectivity index (χ1) is 25.2. The van der Waals surface area contributed by atoms with Crippen LogP contribution in [-0.2, 0) is 46.4 Å². The van der Waals surface area contributed by atoms with Gasteiger partial charge in [-0.25, -0.2) is 0 Å². The first kappa shape index (κ1) is 43.1. The SMILES string of the molecule is NC(N)=NCCC[C@H](NC(=O)[C@H](Cc1ccccc1)NC(=O)[C@H](CCC(=O)O)NC(=O)[C@H](Cc1ccccc1)NC(=O)[C@@H](N)CO)C(=O)NCC(=O)O. The molecule has 19 nitrogen and oxygen atoms in total. The Balaban J connectivity index is 2.39. The van der Waals surface area contributed by atoms with E-state index < -0.39 is 97.7 Å². The van der Waals surface area contributed by atoms with Crippen LogP contribution in [0.5, 0.6) is 0 Å². The van der Waals surface area contributed by atoms with Crippen LogP contribution in [0.25, 0.3) is 0 Å². The zero-order valence-corrected chi connectivity index (χ0v) is 28.9. The molecule has 53 heavy (non-hydrogen) atoms. The van der Waals surface area contributed by atoms with E-state index in [1.165, 1.54) is 0 Å². The van der Waals surface area contributed by atoms with Gasteiger partial charge in [-0.05, 0) is 30.4 Å².